The second-order valence-electron chi connectivity index (χ2n) is 12.9. The smallest absolute Gasteiger partial charge is 0.407 e. The van der Waals surface area contributed by atoms with Crippen LogP contribution in [0.3, 0.4) is 0 Å². The van der Waals surface area contributed by atoms with Crippen LogP contribution in [-0.4, -0.2) is 126 Å². The predicted molar refractivity (Wildman–Crippen MR) is 173 cm³/mol. The van der Waals surface area contributed by atoms with Crippen LogP contribution in [0.5, 0.6) is 11.8 Å². The predicted octanol–water partition coefficient (Wildman–Crippen LogP) is 2.84. The zero-order valence-electron chi connectivity index (χ0n) is 26.6. The van der Waals surface area contributed by atoms with E-state index in [2.05, 4.69) is 38.8 Å². The van der Waals surface area contributed by atoms with Crippen LogP contribution in [-0.2, 0) is 13.0 Å². The maximum atomic E-state index is 11.9. The van der Waals surface area contributed by atoms with E-state index in [0.29, 0.717) is 45.2 Å². The molecule has 2 aromatic heterocycles. The molecule has 5 heterocycles. The van der Waals surface area contributed by atoms with Crippen LogP contribution in [0.2, 0.25) is 0 Å². The van der Waals surface area contributed by atoms with E-state index in [1.165, 1.54) is 4.90 Å². The first kappa shape index (κ1) is 30.3. The first-order valence-corrected chi connectivity index (χ1v) is 16.1. The molecule has 1 aliphatic carbocycles. The van der Waals surface area contributed by atoms with Crippen LogP contribution in [0.4, 0.5) is 16.3 Å². The third-order valence-corrected chi connectivity index (χ3v) is 10.1. The number of nitriles is 1. The molecule has 242 valence electrons. The Labute approximate surface area is 268 Å². The minimum Gasteiger partial charge on any atom is -0.496 e. The van der Waals surface area contributed by atoms with Gasteiger partial charge >= 0.3 is 12.1 Å². The van der Waals surface area contributed by atoms with Crippen LogP contribution in [0.15, 0.2) is 30.5 Å². The summed E-state index contributed by atoms with van der Waals surface area (Å²) in [4.78, 5) is 37.4. The van der Waals surface area contributed by atoms with E-state index >= 15 is 0 Å². The summed E-state index contributed by atoms with van der Waals surface area (Å²) in [7, 11) is 3.84. The molecule has 1 N–H and O–H groups in total. The van der Waals surface area contributed by atoms with Crippen molar-refractivity contribution >= 4 is 28.5 Å². The minimum absolute atomic E-state index is 0.0331. The van der Waals surface area contributed by atoms with Crippen molar-refractivity contribution in [3.05, 3.63) is 41.7 Å². The van der Waals surface area contributed by atoms with Crippen molar-refractivity contribution in [2.75, 3.05) is 82.9 Å². The number of nitrogens with zero attached hydrogens (tertiary/aromatic N) is 9. The number of likely N-dealkylation sites (N-methyl/N-ethyl adjacent to an activating group) is 1. The van der Waals surface area contributed by atoms with Crippen molar-refractivity contribution in [3.8, 4) is 17.8 Å². The molecule has 4 aliphatic rings. The van der Waals surface area contributed by atoms with Crippen molar-refractivity contribution in [1.82, 2.24) is 29.7 Å². The molecule has 0 bridgehead atoms. The summed E-state index contributed by atoms with van der Waals surface area (Å²) in [6.07, 6.45) is 3.82. The Hall–Kier alpha value is -4.41. The third kappa shape index (κ3) is 5.71. The Bertz CT molecular complexity index is 1650. The van der Waals surface area contributed by atoms with Crippen molar-refractivity contribution in [2.45, 2.75) is 43.8 Å². The van der Waals surface area contributed by atoms with Gasteiger partial charge in [0.15, 0.2) is 0 Å². The lowest BCUT2D eigenvalue weighted by Gasteiger charge is -2.41. The number of hydrogen-bond donors (Lipinski definition) is 1. The van der Waals surface area contributed by atoms with Crippen LogP contribution in [0.1, 0.15) is 30.5 Å². The molecule has 1 unspecified atom stereocenters. The highest BCUT2D eigenvalue weighted by molar-refractivity contribution is 5.94. The number of benzene rings is 1. The summed E-state index contributed by atoms with van der Waals surface area (Å²) in [5, 5.41) is 20.2. The fraction of sp³-hybridized carbons (Fsp3) is 0.545. The monoisotopic (exact) mass is 627 g/mol. The number of carboxylic acid groups (broad SMARTS) is 1. The second kappa shape index (κ2) is 12.4. The Balaban J connectivity index is 1.20. The number of aromatic nitrogens is 3. The molecule has 3 aromatic rings. The number of piperazine rings is 2. The number of ether oxygens (including phenoxy) is 2. The van der Waals surface area contributed by atoms with Crippen molar-refractivity contribution in [3.63, 3.8) is 0 Å². The summed E-state index contributed by atoms with van der Waals surface area (Å²) in [5.41, 5.74) is 3.87. The zero-order valence-corrected chi connectivity index (χ0v) is 26.6. The van der Waals surface area contributed by atoms with Gasteiger partial charge < -0.3 is 34.2 Å². The number of para-hydroxylation sites is 1. The number of hydrogen-bond acceptors (Lipinski definition) is 11. The molecule has 3 fully saturated rings. The fourth-order valence-corrected chi connectivity index (χ4v) is 7.24. The van der Waals surface area contributed by atoms with E-state index in [0.717, 1.165) is 85.0 Å². The van der Waals surface area contributed by atoms with Gasteiger partial charge in [0.1, 0.15) is 18.2 Å². The molecule has 13 heteroatoms. The first-order chi connectivity index (χ1) is 22.4. The van der Waals surface area contributed by atoms with Gasteiger partial charge in [0.2, 0.25) is 0 Å². The number of pyridine rings is 1. The Morgan fingerprint density at radius 3 is 2.65 bits per heavy atom. The molecule has 46 heavy (non-hydrogen) atoms. The Morgan fingerprint density at radius 1 is 1.09 bits per heavy atom. The molecule has 0 spiro atoms. The summed E-state index contributed by atoms with van der Waals surface area (Å²) < 4.78 is 12.1. The topological polar surface area (TPSA) is 134 Å². The third-order valence-electron chi connectivity index (χ3n) is 10.1. The molecule has 2 saturated heterocycles. The van der Waals surface area contributed by atoms with Gasteiger partial charge in [-0.3, -0.25) is 9.88 Å². The van der Waals surface area contributed by atoms with Crippen LogP contribution < -0.4 is 19.3 Å². The van der Waals surface area contributed by atoms with Gasteiger partial charge in [0.25, 0.3) is 0 Å². The van der Waals surface area contributed by atoms with Gasteiger partial charge in [-0.25, -0.2) is 4.79 Å². The van der Waals surface area contributed by atoms with E-state index in [9.17, 15) is 15.2 Å². The van der Waals surface area contributed by atoms with Gasteiger partial charge in [-0.1, -0.05) is 6.07 Å². The fourth-order valence-electron chi connectivity index (χ4n) is 7.24. The van der Waals surface area contributed by atoms with E-state index in [4.69, 9.17) is 24.4 Å². The number of methoxy groups -OCH3 is 1. The summed E-state index contributed by atoms with van der Waals surface area (Å²) >= 11 is 0. The second-order valence-corrected chi connectivity index (χ2v) is 12.9. The quantitative estimate of drug-likeness (QED) is 0.394. The Kier molecular flexibility index (Phi) is 8.16. The maximum Gasteiger partial charge on any atom is 0.407 e. The van der Waals surface area contributed by atoms with E-state index in [-0.39, 0.29) is 12.0 Å². The van der Waals surface area contributed by atoms with E-state index in [1.807, 2.05) is 18.2 Å². The molecular weight excluding hydrogens is 586 g/mol. The average molecular weight is 628 g/mol. The SMILES string of the molecule is COc1ccnc2c(N3CCc4c(nc(OCC5(N6CCN(C)CC6)CC5)nc4N4CCN(C(=O)O)C(CC#N)C4)C3)cccc12. The highest BCUT2D eigenvalue weighted by Gasteiger charge is 2.49. The minimum atomic E-state index is -0.997. The molecular formula is C33H41N9O4. The number of carbonyl (C=O) groups is 1. The molecule has 7 rings (SSSR count). The largest absolute Gasteiger partial charge is 0.496 e. The van der Waals surface area contributed by atoms with Gasteiger partial charge in [0, 0.05) is 69.5 Å². The number of fused-ring (bicyclic) bond motifs is 2. The summed E-state index contributed by atoms with van der Waals surface area (Å²) in [6.45, 7) is 7.19. The molecule has 3 aliphatic heterocycles. The highest BCUT2D eigenvalue weighted by atomic mass is 16.5. The lowest BCUT2D eigenvalue weighted by molar-refractivity contribution is 0.0650. The lowest BCUT2D eigenvalue weighted by Crippen LogP contribution is -2.55. The molecule has 13 nitrogen and oxygen atoms in total. The Morgan fingerprint density at radius 2 is 1.91 bits per heavy atom. The van der Waals surface area contributed by atoms with Crippen LogP contribution >= 0.6 is 0 Å². The summed E-state index contributed by atoms with van der Waals surface area (Å²) in [5.74, 6) is 1.57. The van der Waals surface area contributed by atoms with Gasteiger partial charge in [0.05, 0.1) is 54.6 Å². The zero-order chi connectivity index (χ0) is 31.8. The van der Waals surface area contributed by atoms with Crippen LogP contribution in [0, 0.1) is 11.3 Å². The first-order valence-electron chi connectivity index (χ1n) is 16.1. The van der Waals surface area contributed by atoms with Gasteiger partial charge in [-0.2, -0.15) is 15.2 Å². The van der Waals surface area contributed by atoms with E-state index < -0.39 is 12.1 Å². The number of rotatable bonds is 8. The molecule has 1 aromatic carbocycles. The molecule has 1 amide bonds. The van der Waals surface area contributed by atoms with Crippen molar-refractivity contribution in [2.24, 2.45) is 0 Å². The molecule has 0 radical (unpaired) electrons. The van der Waals surface area contributed by atoms with Crippen molar-refractivity contribution in [1.29, 1.82) is 5.26 Å². The maximum absolute atomic E-state index is 11.9. The normalized spacial score (nSPS) is 21.5. The number of anilines is 2. The van der Waals surface area contributed by atoms with Gasteiger partial charge in [-0.15, -0.1) is 0 Å². The van der Waals surface area contributed by atoms with E-state index in [1.54, 1.807) is 13.3 Å². The van der Waals surface area contributed by atoms with Crippen LogP contribution in [0.25, 0.3) is 10.9 Å². The summed E-state index contributed by atoms with van der Waals surface area (Å²) in [6, 6.07) is 10.1. The molecule has 1 saturated carbocycles. The standard InChI is InChI=1S/C33H41N9O4/c1-38-14-17-41(18-15-38)33(9-10-33)22-46-31-36-26-21-39(27-5-3-4-25-28(45-2)7-12-35-29(25)27)13-8-24(26)30(37-31)40-16-19-42(32(43)44)23(20-40)6-11-34/h3-5,7,12,23H,6,8-10,13-22H2,1-2H3,(H,43,44). The average Bonchev–Trinajstić information content (AvgIpc) is 3.87. The van der Waals surface area contributed by atoms with Gasteiger partial charge in [-0.05, 0) is 44.5 Å². The lowest BCUT2D eigenvalue weighted by atomic mass is 10.0. The molecule has 1 atom stereocenters. The number of amides is 1. The van der Waals surface area contributed by atoms with Crippen molar-refractivity contribution < 1.29 is 19.4 Å². The highest BCUT2D eigenvalue weighted by Crippen LogP contribution is 2.43.